The second-order valence-electron chi connectivity index (χ2n) is 5.69. The summed E-state index contributed by atoms with van der Waals surface area (Å²) in [5.41, 5.74) is 2.02. The molecule has 1 unspecified atom stereocenters. The Morgan fingerprint density at radius 2 is 2.35 bits per heavy atom. The van der Waals surface area contributed by atoms with Crippen molar-refractivity contribution < 1.29 is 14.3 Å². The van der Waals surface area contributed by atoms with Gasteiger partial charge >= 0.3 is 0 Å². The molecular weight excluding hydrogens is 294 g/mol. The lowest BCUT2D eigenvalue weighted by Crippen LogP contribution is -2.39. The fourth-order valence-electron chi connectivity index (χ4n) is 2.61. The molecular formula is C17H21N3O3. The van der Waals surface area contributed by atoms with E-state index >= 15 is 0 Å². The Bertz CT molecular complexity index is 677. The lowest BCUT2D eigenvalue weighted by atomic mass is 10.1. The minimum atomic E-state index is -0.118. The van der Waals surface area contributed by atoms with Crippen molar-refractivity contribution in [3.63, 3.8) is 0 Å². The lowest BCUT2D eigenvalue weighted by Gasteiger charge is -2.23. The van der Waals surface area contributed by atoms with Crippen molar-refractivity contribution in [1.82, 2.24) is 14.7 Å². The van der Waals surface area contributed by atoms with Gasteiger partial charge in [0.1, 0.15) is 12.0 Å². The van der Waals surface area contributed by atoms with E-state index in [2.05, 4.69) is 5.10 Å². The van der Waals surface area contributed by atoms with Crippen LogP contribution in [-0.4, -0.2) is 47.1 Å². The van der Waals surface area contributed by atoms with E-state index in [1.807, 2.05) is 37.5 Å². The van der Waals surface area contributed by atoms with Crippen molar-refractivity contribution in [3.8, 4) is 16.9 Å². The van der Waals surface area contributed by atoms with Gasteiger partial charge in [-0.25, -0.2) is 0 Å². The SMILES string of the molecule is CN(C(=O)COc1cccc(-c2cnn(C)c2)c1)C1CCCO1. The van der Waals surface area contributed by atoms with Crippen LogP contribution in [0.3, 0.4) is 0 Å². The molecule has 2 heterocycles. The Morgan fingerprint density at radius 3 is 3.04 bits per heavy atom. The number of benzene rings is 1. The second-order valence-corrected chi connectivity index (χ2v) is 5.69. The first-order chi connectivity index (χ1) is 11.1. The van der Waals surface area contributed by atoms with Crippen LogP contribution < -0.4 is 4.74 Å². The molecule has 2 aromatic rings. The quantitative estimate of drug-likeness (QED) is 0.847. The van der Waals surface area contributed by atoms with Gasteiger partial charge in [-0.2, -0.15) is 5.10 Å². The van der Waals surface area contributed by atoms with E-state index in [1.165, 1.54) is 0 Å². The van der Waals surface area contributed by atoms with Crippen LogP contribution in [0.2, 0.25) is 0 Å². The van der Waals surface area contributed by atoms with Gasteiger partial charge < -0.3 is 14.4 Å². The van der Waals surface area contributed by atoms with Crippen molar-refractivity contribution in [3.05, 3.63) is 36.7 Å². The first kappa shape index (κ1) is 15.6. The summed E-state index contributed by atoms with van der Waals surface area (Å²) in [5, 5.41) is 4.17. The number of amides is 1. The highest BCUT2D eigenvalue weighted by molar-refractivity contribution is 5.77. The maximum atomic E-state index is 12.2. The normalized spacial score (nSPS) is 17.2. The van der Waals surface area contributed by atoms with E-state index < -0.39 is 0 Å². The van der Waals surface area contributed by atoms with Crippen LogP contribution >= 0.6 is 0 Å². The molecule has 122 valence electrons. The first-order valence-electron chi connectivity index (χ1n) is 7.72. The Balaban J connectivity index is 1.61. The molecule has 23 heavy (non-hydrogen) atoms. The van der Waals surface area contributed by atoms with Gasteiger partial charge in [-0.05, 0) is 30.5 Å². The average molecular weight is 315 g/mol. The van der Waals surface area contributed by atoms with E-state index in [1.54, 1.807) is 22.8 Å². The molecule has 1 aliphatic rings. The number of rotatable bonds is 5. The van der Waals surface area contributed by atoms with Crippen LogP contribution in [0.15, 0.2) is 36.7 Å². The van der Waals surface area contributed by atoms with Crippen molar-refractivity contribution in [2.24, 2.45) is 7.05 Å². The first-order valence-corrected chi connectivity index (χ1v) is 7.72. The number of carbonyl (C=O) groups excluding carboxylic acids is 1. The van der Waals surface area contributed by atoms with Gasteiger partial charge in [-0.1, -0.05) is 12.1 Å². The topological polar surface area (TPSA) is 56.6 Å². The third-order valence-electron chi connectivity index (χ3n) is 3.97. The van der Waals surface area contributed by atoms with Crippen molar-refractivity contribution in [2.45, 2.75) is 19.1 Å². The van der Waals surface area contributed by atoms with Crippen LogP contribution in [-0.2, 0) is 16.6 Å². The van der Waals surface area contributed by atoms with E-state index in [0.717, 1.165) is 30.6 Å². The van der Waals surface area contributed by atoms with Crippen molar-refractivity contribution in [2.75, 3.05) is 20.3 Å². The maximum absolute atomic E-state index is 12.2. The van der Waals surface area contributed by atoms with Gasteiger partial charge in [0.15, 0.2) is 6.61 Å². The summed E-state index contributed by atoms with van der Waals surface area (Å²) in [6.45, 7) is 0.725. The zero-order chi connectivity index (χ0) is 16.2. The summed E-state index contributed by atoms with van der Waals surface area (Å²) in [6, 6.07) is 7.66. The highest BCUT2D eigenvalue weighted by Crippen LogP contribution is 2.23. The molecule has 6 nitrogen and oxygen atoms in total. The van der Waals surface area contributed by atoms with Gasteiger partial charge in [-0.15, -0.1) is 0 Å². The molecule has 0 bridgehead atoms. The van der Waals surface area contributed by atoms with Gasteiger partial charge in [0.05, 0.1) is 6.20 Å². The largest absolute Gasteiger partial charge is 0.484 e. The summed E-state index contributed by atoms with van der Waals surface area (Å²) >= 11 is 0. The molecule has 0 saturated carbocycles. The molecule has 3 rings (SSSR count). The Kier molecular flexibility index (Phi) is 4.62. The molecule has 1 aromatic heterocycles. The van der Waals surface area contributed by atoms with Crippen LogP contribution in [0.5, 0.6) is 5.75 Å². The predicted molar refractivity (Wildman–Crippen MR) is 85.9 cm³/mol. The average Bonchev–Trinajstić information content (AvgIpc) is 3.23. The molecule has 0 N–H and O–H groups in total. The molecule has 0 radical (unpaired) electrons. The molecule has 1 aliphatic heterocycles. The van der Waals surface area contributed by atoms with Crippen LogP contribution in [0, 0.1) is 0 Å². The molecule has 1 aromatic carbocycles. The fourth-order valence-corrected chi connectivity index (χ4v) is 2.61. The Labute approximate surface area is 135 Å². The number of aryl methyl sites for hydroxylation is 1. The van der Waals surface area contributed by atoms with E-state index in [9.17, 15) is 4.79 Å². The van der Waals surface area contributed by atoms with Gasteiger partial charge in [0.25, 0.3) is 5.91 Å². The predicted octanol–water partition coefficient (Wildman–Crippen LogP) is 2.06. The number of nitrogens with zero attached hydrogens (tertiary/aromatic N) is 3. The highest BCUT2D eigenvalue weighted by atomic mass is 16.5. The Hall–Kier alpha value is -2.34. The molecule has 1 atom stereocenters. The van der Waals surface area contributed by atoms with Crippen LogP contribution in [0.25, 0.3) is 11.1 Å². The monoisotopic (exact) mass is 315 g/mol. The van der Waals surface area contributed by atoms with E-state index in [-0.39, 0.29) is 18.7 Å². The number of likely N-dealkylation sites (N-methyl/N-ethyl adjacent to an activating group) is 1. The van der Waals surface area contributed by atoms with Crippen LogP contribution in [0.4, 0.5) is 0 Å². The summed E-state index contributed by atoms with van der Waals surface area (Å²) in [4.78, 5) is 13.8. The number of hydrogen-bond acceptors (Lipinski definition) is 4. The van der Waals surface area contributed by atoms with Crippen molar-refractivity contribution in [1.29, 1.82) is 0 Å². The van der Waals surface area contributed by atoms with E-state index in [4.69, 9.17) is 9.47 Å². The minimum Gasteiger partial charge on any atom is -0.484 e. The summed E-state index contributed by atoms with van der Waals surface area (Å²) < 4.78 is 12.9. The smallest absolute Gasteiger partial charge is 0.262 e. The summed E-state index contributed by atoms with van der Waals surface area (Å²) in [7, 11) is 3.64. The fraction of sp³-hybridized carbons (Fsp3) is 0.412. The third-order valence-corrected chi connectivity index (χ3v) is 3.97. The van der Waals surface area contributed by atoms with Crippen LogP contribution in [0.1, 0.15) is 12.8 Å². The third kappa shape index (κ3) is 3.71. The van der Waals surface area contributed by atoms with Crippen molar-refractivity contribution >= 4 is 5.91 Å². The molecule has 6 heteroatoms. The Morgan fingerprint density at radius 1 is 1.48 bits per heavy atom. The second kappa shape index (κ2) is 6.83. The standard InChI is InChI=1S/C17H21N3O3/c1-19-11-14(10-18-19)13-5-3-6-15(9-13)23-12-16(21)20(2)17-7-4-8-22-17/h3,5-6,9-11,17H,4,7-8,12H2,1-2H3. The summed E-state index contributed by atoms with van der Waals surface area (Å²) in [5.74, 6) is 0.587. The summed E-state index contributed by atoms with van der Waals surface area (Å²) in [6.07, 6.45) is 5.51. The lowest BCUT2D eigenvalue weighted by molar-refractivity contribution is -0.141. The zero-order valence-electron chi connectivity index (χ0n) is 13.4. The number of carbonyl (C=O) groups is 1. The molecule has 1 saturated heterocycles. The van der Waals surface area contributed by atoms with E-state index in [0.29, 0.717) is 5.75 Å². The molecule has 0 spiro atoms. The van der Waals surface area contributed by atoms with Gasteiger partial charge in [0, 0.05) is 32.5 Å². The number of ether oxygens (including phenoxy) is 2. The zero-order valence-corrected chi connectivity index (χ0v) is 13.4. The maximum Gasteiger partial charge on any atom is 0.262 e. The molecule has 1 amide bonds. The molecule has 1 fully saturated rings. The van der Waals surface area contributed by atoms with Gasteiger partial charge in [0.2, 0.25) is 0 Å². The number of hydrogen-bond donors (Lipinski definition) is 0. The number of aromatic nitrogens is 2. The minimum absolute atomic E-state index is 0.00680. The van der Waals surface area contributed by atoms with Gasteiger partial charge in [-0.3, -0.25) is 9.48 Å². The molecule has 0 aliphatic carbocycles. The highest BCUT2D eigenvalue weighted by Gasteiger charge is 2.24.